The maximum absolute atomic E-state index is 3.17. The summed E-state index contributed by atoms with van der Waals surface area (Å²) in [4.78, 5) is 5.08. The second kappa shape index (κ2) is 7.53. The Morgan fingerprint density at radius 1 is 1.10 bits per heavy atom. The van der Waals surface area contributed by atoms with Gasteiger partial charge in [0, 0.05) is 38.1 Å². The van der Waals surface area contributed by atoms with Gasteiger partial charge in [0.15, 0.2) is 0 Å². The van der Waals surface area contributed by atoms with Gasteiger partial charge in [-0.05, 0) is 56.1 Å². The Morgan fingerprint density at radius 2 is 1.70 bits per heavy atom. The molecule has 2 rings (SSSR count). The van der Waals surface area contributed by atoms with Crippen LogP contribution < -0.4 is 10.2 Å². The Morgan fingerprint density at radius 3 is 2.20 bits per heavy atom. The molecule has 112 valence electrons. The van der Waals surface area contributed by atoms with Crippen LogP contribution in [0, 0.1) is 5.92 Å². The van der Waals surface area contributed by atoms with Crippen LogP contribution in [0.15, 0.2) is 24.3 Å². The zero-order valence-corrected chi connectivity index (χ0v) is 13.2. The van der Waals surface area contributed by atoms with Crippen LogP contribution in [0.4, 0.5) is 11.4 Å². The molecule has 3 nitrogen and oxygen atoms in total. The molecular weight excluding hydrogens is 246 g/mol. The summed E-state index contributed by atoms with van der Waals surface area (Å²) in [5.74, 6) is 0.878. The van der Waals surface area contributed by atoms with E-state index in [1.165, 1.54) is 56.9 Å². The van der Waals surface area contributed by atoms with Crippen LogP contribution in [0.25, 0.3) is 0 Å². The molecule has 3 heteroatoms. The van der Waals surface area contributed by atoms with E-state index < -0.39 is 0 Å². The van der Waals surface area contributed by atoms with E-state index in [-0.39, 0.29) is 0 Å². The predicted octanol–water partition coefficient (Wildman–Crippen LogP) is 3.29. The van der Waals surface area contributed by atoms with Crippen LogP contribution in [0.2, 0.25) is 0 Å². The van der Waals surface area contributed by atoms with E-state index >= 15 is 0 Å². The standard InChI is InChI=1S/C17H29N3/c1-4-19(5-2)14-15-10-12-20(13-11-15)17-8-6-16(18-3)7-9-17/h6-9,15,18H,4-5,10-14H2,1-3H3. The van der Waals surface area contributed by atoms with Gasteiger partial charge in [0.25, 0.3) is 0 Å². The molecule has 0 saturated carbocycles. The molecule has 20 heavy (non-hydrogen) atoms. The third-order valence-electron chi connectivity index (χ3n) is 4.55. The Kier molecular flexibility index (Phi) is 5.72. The molecule has 1 fully saturated rings. The quantitative estimate of drug-likeness (QED) is 0.859. The van der Waals surface area contributed by atoms with Crippen molar-refractivity contribution in [2.24, 2.45) is 5.92 Å². The average molecular weight is 275 g/mol. The van der Waals surface area contributed by atoms with Crippen LogP contribution >= 0.6 is 0 Å². The van der Waals surface area contributed by atoms with Gasteiger partial charge in [-0.3, -0.25) is 0 Å². The van der Waals surface area contributed by atoms with Crippen molar-refractivity contribution in [2.45, 2.75) is 26.7 Å². The van der Waals surface area contributed by atoms with E-state index in [4.69, 9.17) is 0 Å². The van der Waals surface area contributed by atoms with Gasteiger partial charge in [0.05, 0.1) is 0 Å². The molecule has 0 atom stereocenters. The summed E-state index contributed by atoms with van der Waals surface area (Å²) >= 11 is 0. The number of nitrogens with one attached hydrogen (secondary N) is 1. The monoisotopic (exact) mass is 275 g/mol. The molecule has 1 aliphatic heterocycles. The fourth-order valence-electron chi connectivity index (χ4n) is 3.06. The highest BCUT2D eigenvalue weighted by Gasteiger charge is 2.20. The highest BCUT2D eigenvalue weighted by atomic mass is 15.1. The summed E-state index contributed by atoms with van der Waals surface area (Å²) in [5.41, 5.74) is 2.55. The first-order valence-electron chi connectivity index (χ1n) is 8.02. The first-order valence-corrected chi connectivity index (χ1v) is 8.02. The minimum absolute atomic E-state index is 0.878. The Hall–Kier alpha value is -1.22. The van der Waals surface area contributed by atoms with Crippen molar-refractivity contribution in [3.05, 3.63) is 24.3 Å². The van der Waals surface area contributed by atoms with Gasteiger partial charge in [-0.1, -0.05) is 13.8 Å². The van der Waals surface area contributed by atoms with E-state index in [0.29, 0.717) is 0 Å². The lowest BCUT2D eigenvalue weighted by Crippen LogP contribution is -2.38. The molecule has 0 bridgehead atoms. The van der Waals surface area contributed by atoms with Crippen LogP contribution in [0.1, 0.15) is 26.7 Å². The zero-order valence-electron chi connectivity index (χ0n) is 13.2. The fraction of sp³-hybridized carbons (Fsp3) is 0.647. The highest BCUT2D eigenvalue weighted by molar-refractivity contribution is 5.55. The molecule has 1 aromatic rings. The van der Waals surface area contributed by atoms with Gasteiger partial charge in [-0.25, -0.2) is 0 Å². The topological polar surface area (TPSA) is 18.5 Å². The average Bonchev–Trinajstić information content (AvgIpc) is 2.53. The summed E-state index contributed by atoms with van der Waals surface area (Å²) in [5, 5.41) is 3.17. The summed E-state index contributed by atoms with van der Waals surface area (Å²) in [6, 6.07) is 8.79. The number of hydrogen-bond acceptors (Lipinski definition) is 3. The lowest BCUT2D eigenvalue weighted by molar-refractivity contribution is 0.229. The van der Waals surface area contributed by atoms with Gasteiger partial charge in [0.2, 0.25) is 0 Å². The summed E-state index contributed by atoms with van der Waals surface area (Å²) < 4.78 is 0. The maximum Gasteiger partial charge on any atom is 0.0367 e. The molecule has 1 saturated heterocycles. The summed E-state index contributed by atoms with van der Waals surface area (Å²) in [7, 11) is 1.97. The third-order valence-corrected chi connectivity index (χ3v) is 4.55. The normalized spacial score (nSPS) is 16.7. The van der Waals surface area contributed by atoms with E-state index in [1.54, 1.807) is 0 Å². The molecule has 0 radical (unpaired) electrons. The lowest BCUT2D eigenvalue weighted by Gasteiger charge is -2.35. The number of benzene rings is 1. The second-order valence-corrected chi connectivity index (χ2v) is 5.71. The van der Waals surface area contributed by atoms with E-state index in [9.17, 15) is 0 Å². The van der Waals surface area contributed by atoms with Crippen molar-refractivity contribution < 1.29 is 0 Å². The molecule has 1 aromatic carbocycles. The maximum atomic E-state index is 3.17. The van der Waals surface area contributed by atoms with Crippen molar-refractivity contribution in [2.75, 3.05) is 50.0 Å². The fourth-order valence-corrected chi connectivity index (χ4v) is 3.06. The van der Waals surface area contributed by atoms with Gasteiger partial charge >= 0.3 is 0 Å². The first kappa shape index (κ1) is 15.2. The van der Waals surface area contributed by atoms with Crippen molar-refractivity contribution in [3.63, 3.8) is 0 Å². The van der Waals surface area contributed by atoms with E-state index in [0.717, 1.165) is 5.92 Å². The van der Waals surface area contributed by atoms with E-state index in [1.807, 2.05) is 7.05 Å². The zero-order chi connectivity index (χ0) is 14.4. The smallest absolute Gasteiger partial charge is 0.0367 e. The van der Waals surface area contributed by atoms with Gasteiger partial charge in [0.1, 0.15) is 0 Å². The molecule has 1 heterocycles. The van der Waals surface area contributed by atoms with Gasteiger partial charge < -0.3 is 15.1 Å². The SMILES string of the molecule is CCN(CC)CC1CCN(c2ccc(NC)cc2)CC1. The molecule has 0 aromatic heterocycles. The number of nitrogens with zero attached hydrogens (tertiary/aromatic N) is 2. The van der Waals surface area contributed by atoms with Crippen molar-refractivity contribution in [3.8, 4) is 0 Å². The Balaban J connectivity index is 1.84. The third kappa shape index (κ3) is 3.89. The molecular formula is C17H29N3. The van der Waals surface area contributed by atoms with Crippen LogP contribution in [-0.4, -0.2) is 44.7 Å². The summed E-state index contributed by atoms with van der Waals surface area (Å²) in [6.07, 6.45) is 2.65. The number of hydrogen-bond donors (Lipinski definition) is 1. The lowest BCUT2D eigenvalue weighted by atomic mass is 9.95. The van der Waals surface area contributed by atoms with Crippen molar-refractivity contribution >= 4 is 11.4 Å². The van der Waals surface area contributed by atoms with E-state index in [2.05, 4.69) is 53.2 Å². The minimum Gasteiger partial charge on any atom is -0.388 e. The Bertz CT molecular complexity index is 376. The van der Waals surface area contributed by atoms with Crippen molar-refractivity contribution in [1.82, 2.24) is 4.90 Å². The van der Waals surface area contributed by atoms with Crippen molar-refractivity contribution in [1.29, 1.82) is 0 Å². The van der Waals surface area contributed by atoms with Gasteiger partial charge in [-0.15, -0.1) is 0 Å². The Labute approximate surface area is 124 Å². The summed E-state index contributed by atoms with van der Waals surface area (Å²) in [6.45, 7) is 10.6. The molecule has 1 aliphatic rings. The molecule has 0 spiro atoms. The number of anilines is 2. The van der Waals surface area contributed by atoms with Gasteiger partial charge in [-0.2, -0.15) is 0 Å². The van der Waals surface area contributed by atoms with Crippen LogP contribution in [-0.2, 0) is 0 Å². The van der Waals surface area contributed by atoms with Crippen LogP contribution in [0.3, 0.4) is 0 Å². The number of piperidine rings is 1. The largest absolute Gasteiger partial charge is 0.388 e. The minimum atomic E-state index is 0.878. The molecule has 0 aliphatic carbocycles. The predicted molar refractivity (Wildman–Crippen MR) is 88.7 cm³/mol. The molecule has 0 unspecified atom stereocenters. The molecule has 1 N–H and O–H groups in total. The molecule has 0 amide bonds. The first-order chi connectivity index (χ1) is 9.76. The second-order valence-electron chi connectivity index (χ2n) is 5.71. The van der Waals surface area contributed by atoms with Crippen LogP contribution in [0.5, 0.6) is 0 Å². The number of rotatable bonds is 6. The highest BCUT2D eigenvalue weighted by Crippen LogP contribution is 2.25.